The van der Waals surface area contributed by atoms with Crippen LogP contribution in [-0.4, -0.2) is 71.4 Å². The predicted molar refractivity (Wildman–Crippen MR) is 98.5 cm³/mol. The van der Waals surface area contributed by atoms with Crippen LogP contribution in [0.4, 0.5) is 5.69 Å². The molecule has 9 heteroatoms. The second-order valence-electron chi connectivity index (χ2n) is 5.84. The van der Waals surface area contributed by atoms with Gasteiger partial charge in [-0.25, -0.2) is 8.42 Å². The van der Waals surface area contributed by atoms with E-state index < -0.39 is 10.0 Å². The molecular weight excluding hydrogens is 366 g/mol. The van der Waals surface area contributed by atoms with E-state index in [4.69, 9.17) is 16.3 Å². The zero-order valence-electron chi connectivity index (χ0n) is 14.3. The van der Waals surface area contributed by atoms with Crippen LogP contribution in [0.3, 0.4) is 0 Å². The van der Waals surface area contributed by atoms with E-state index >= 15 is 0 Å². The van der Waals surface area contributed by atoms with Gasteiger partial charge < -0.3 is 10.1 Å². The molecule has 1 N–H and O–H groups in total. The smallest absolute Gasteiger partial charge is 0.232 e. The lowest BCUT2D eigenvalue weighted by Crippen LogP contribution is -2.42. The van der Waals surface area contributed by atoms with Crippen molar-refractivity contribution < 1.29 is 17.9 Å². The molecule has 1 amide bonds. The van der Waals surface area contributed by atoms with Crippen molar-refractivity contribution in [2.75, 3.05) is 56.5 Å². The van der Waals surface area contributed by atoms with Gasteiger partial charge in [-0.05, 0) is 12.1 Å². The molecule has 1 aliphatic rings. The molecule has 1 aromatic rings. The second-order valence-corrected chi connectivity index (χ2v) is 8.15. The van der Waals surface area contributed by atoms with Crippen molar-refractivity contribution in [3.05, 3.63) is 29.3 Å². The summed E-state index contributed by atoms with van der Waals surface area (Å²) in [6, 6.07) is 6.68. The van der Waals surface area contributed by atoms with Gasteiger partial charge in [0.25, 0.3) is 0 Å². The lowest BCUT2D eigenvalue weighted by molar-refractivity contribution is -0.120. The molecule has 1 heterocycles. The highest BCUT2D eigenvalue weighted by Gasteiger charge is 2.20. The highest BCUT2D eigenvalue weighted by molar-refractivity contribution is 7.92. The Labute approximate surface area is 153 Å². The number of sulfonamides is 1. The fourth-order valence-electron chi connectivity index (χ4n) is 2.59. The van der Waals surface area contributed by atoms with Gasteiger partial charge in [0.05, 0.1) is 30.2 Å². The van der Waals surface area contributed by atoms with E-state index in [1.807, 2.05) is 0 Å². The van der Waals surface area contributed by atoms with E-state index in [1.165, 1.54) is 0 Å². The van der Waals surface area contributed by atoms with Gasteiger partial charge in [-0.2, -0.15) is 0 Å². The molecular formula is C16H24ClN3O4S. The second kappa shape index (κ2) is 9.38. The lowest BCUT2D eigenvalue weighted by Gasteiger charge is -2.26. The number of para-hydroxylation sites is 1. The van der Waals surface area contributed by atoms with Crippen molar-refractivity contribution in [2.24, 2.45) is 0 Å². The first kappa shape index (κ1) is 20.0. The first-order valence-corrected chi connectivity index (χ1v) is 10.4. The van der Waals surface area contributed by atoms with Crippen LogP contribution in [0.5, 0.6) is 0 Å². The molecule has 1 aliphatic heterocycles. The number of hydrogen-bond donors (Lipinski definition) is 1. The zero-order chi connectivity index (χ0) is 18.3. The Kier molecular flexibility index (Phi) is 7.49. The minimum atomic E-state index is -3.53. The summed E-state index contributed by atoms with van der Waals surface area (Å²) in [5.74, 6) is -0.186. The van der Waals surface area contributed by atoms with Crippen LogP contribution in [0.2, 0.25) is 5.02 Å². The molecule has 0 unspecified atom stereocenters. The topological polar surface area (TPSA) is 79.0 Å². The first-order valence-electron chi connectivity index (χ1n) is 8.17. The molecule has 0 spiro atoms. The number of amides is 1. The van der Waals surface area contributed by atoms with Gasteiger partial charge in [0.2, 0.25) is 15.9 Å². The first-order chi connectivity index (χ1) is 11.9. The summed E-state index contributed by atoms with van der Waals surface area (Å²) in [6.45, 7) is 4.50. The lowest BCUT2D eigenvalue weighted by atomic mass is 10.3. The van der Waals surface area contributed by atoms with Gasteiger partial charge in [0, 0.05) is 39.1 Å². The number of halogens is 1. The SMILES string of the molecule is CS(=O)(=O)N(CCC(=O)NCCN1CCOCC1)c1ccccc1Cl. The van der Waals surface area contributed by atoms with Crippen molar-refractivity contribution in [3.63, 3.8) is 0 Å². The molecule has 0 radical (unpaired) electrons. The van der Waals surface area contributed by atoms with Gasteiger partial charge in [0.1, 0.15) is 0 Å². The fourth-order valence-corrected chi connectivity index (χ4v) is 3.82. The minimum Gasteiger partial charge on any atom is -0.379 e. The van der Waals surface area contributed by atoms with Gasteiger partial charge in [-0.1, -0.05) is 23.7 Å². The van der Waals surface area contributed by atoms with Crippen LogP contribution in [0, 0.1) is 0 Å². The van der Waals surface area contributed by atoms with Crippen molar-refractivity contribution in [3.8, 4) is 0 Å². The van der Waals surface area contributed by atoms with E-state index in [-0.39, 0.29) is 18.9 Å². The summed E-state index contributed by atoms with van der Waals surface area (Å²) in [5, 5.41) is 3.16. The Hall–Kier alpha value is -1.35. The largest absolute Gasteiger partial charge is 0.379 e. The summed E-state index contributed by atoms with van der Waals surface area (Å²) in [6.07, 6.45) is 1.17. The quantitative estimate of drug-likeness (QED) is 0.716. The molecule has 0 aliphatic carbocycles. The molecule has 1 fully saturated rings. The average Bonchev–Trinajstić information content (AvgIpc) is 2.56. The monoisotopic (exact) mass is 389 g/mol. The number of benzene rings is 1. The number of nitrogens with zero attached hydrogens (tertiary/aromatic N) is 2. The Balaban J connectivity index is 1.83. The normalized spacial score (nSPS) is 15.8. The summed E-state index contributed by atoms with van der Waals surface area (Å²) >= 11 is 6.09. The predicted octanol–water partition coefficient (Wildman–Crippen LogP) is 0.945. The summed E-state index contributed by atoms with van der Waals surface area (Å²) in [4.78, 5) is 14.2. The summed E-state index contributed by atoms with van der Waals surface area (Å²) in [5.41, 5.74) is 0.382. The Bertz CT molecular complexity index is 678. The third-order valence-electron chi connectivity index (χ3n) is 3.92. The van der Waals surface area contributed by atoms with E-state index in [0.717, 1.165) is 43.4 Å². The van der Waals surface area contributed by atoms with E-state index in [9.17, 15) is 13.2 Å². The van der Waals surface area contributed by atoms with E-state index in [1.54, 1.807) is 24.3 Å². The molecule has 0 bridgehead atoms. The highest BCUT2D eigenvalue weighted by Crippen LogP contribution is 2.27. The number of hydrogen-bond acceptors (Lipinski definition) is 5. The van der Waals surface area contributed by atoms with Crippen LogP contribution >= 0.6 is 11.6 Å². The van der Waals surface area contributed by atoms with Crippen molar-refractivity contribution in [1.29, 1.82) is 0 Å². The number of morpholine rings is 1. The summed E-state index contributed by atoms with van der Waals surface area (Å²) in [7, 11) is -3.53. The van der Waals surface area contributed by atoms with Gasteiger partial charge in [-0.15, -0.1) is 0 Å². The maximum Gasteiger partial charge on any atom is 0.232 e. The zero-order valence-corrected chi connectivity index (χ0v) is 15.9. The maximum absolute atomic E-state index is 12.0. The molecule has 1 aromatic carbocycles. The van der Waals surface area contributed by atoms with Gasteiger partial charge >= 0.3 is 0 Å². The minimum absolute atomic E-state index is 0.0476. The average molecular weight is 390 g/mol. The number of nitrogens with one attached hydrogen (secondary N) is 1. The number of carbonyl (C=O) groups is 1. The highest BCUT2D eigenvalue weighted by atomic mass is 35.5. The number of ether oxygens (including phenoxy) is 1. The third-order valence-corrected chi connectivity index (χ3v) is 5.42. The van der Waals surface area contributed by atoms with Gasteiger partial charge in [-0.3, -0.25) is 14.0 Å². The van der Waals surface area contributed by atoms with Crippen molar-refractivity contribution in [2.45, 2.75) is 6.42 Å². The van der Waals surface area contributed by atoms with Crippen LogP contribution in [0.25, 0.3) is 0 Å². The maximum atomic E-state index is 12.0. The van der Waals surface area contributed by atoms with Crippen molar-refractivity contribution in [1.82, 2.24) is 10.2 Å². The molecule has 2 rings (SSSR count). The Morgan fingerprint density at radius 2 is 2.00 bits per heavy atom. The van der Waals surface area contributed by atoms with E-state index in [0.29, 0.717) is 17.3 Å². The third kappa shape index (κ3) is 6.47. The number of anilines is 1. The summed E-state index contributed by atoms with van der Waals surface area (Å²) < 4.78 is 30.5. The standard InChI is InChI=1S/C16H24ClN3O4S/c1-25(22,23)20(15-5-3-2-4-14(15)17)8-6-16(21)18-7-9-19-10-12-24-13-11-19/h2-5H,6-13H2,1H3,(H,18,21). The van der Waals surface area contributed by atoms with E-state index in [2.05, 4.69) is 10.2 Å². The molecule has 0 atom stereocenters. The van der Waals surface area contributed by atoms with Crippen LogP contribution < -0.4 is 9.62 Å². The van der Waals surface area contributed by atoms with Crippen LogP contribution in [0.1, 0.15) is 6.42 Å². The molecule has 0 saturated carbocycles. The fraction of sp³-hybridized carbons (Fsp3) is 0.562. The number of carbonyl (C=O) groups excluding carboxylic acids is 1. The molecule has 140 valence electrons. The van der Waals surface area contributed by atoms with Gasteiger partial charge in [0.15, 0.2) is 0 Å². The molecule has 7 nitrogen and oxygen atoms in total. The van der Waals surface area contributed by atoms with Crippen LogP contribution in [-0.2, 0) is 19.6 Å². The molecule has 25 heavy (non-hydrogen) atoms. The van der Waals surface area contributed by atoms with Crippen molar-refractivity contribution >= 4 is 33.2 Å². The van der Waals surface area contributed by atoms with Crippen LogP contribution in [0.15, 0.2) is 24.3 Å². The number of rotatable bonds is 8. The Morgan fingerprint density at radius 1 is 1.32 bits per heavy atom. The molecule has 1 saturated heterocycles. The molecule has 0 aromatic heterocycles. The Morgan fingerprint density at radius 3 is 2.64 bits per heavy atom.